The van der Waals surface area contributed by atoms with Crippen LogP contribution in [0.15, 0.2) is 48.7 Å². The summed E-state index contributed by atoms with van der Waals surface area (Å²) < 4.78 is 23.7. The summed E-state index contributed by atoms with van der Waals surface area (Å²) in [5, 5.41) is 10.5. The normalized spacial score (nSPS) is 10.7. The first-order valence-corrected chi connectivity index (χ1v) is 8.41. The lowest BCUT2D eigenvalue weighted by atomic mass is 10.1. The van der Waals surface area contributed by atoms with E-state index in [1.165, 1.54) is 17.7 Å². The van der Waals surface area contributed by atoms with Gasteiger partial charge in [-0.25, -0.2) is 4.39 Å². The van der Waals surface area contributed by atoms with E-state index in [1.54, 1.807) is 32.5 Å². The maximum absolute atomic E-state index is 13.1. The Labute approximate surface area is 152 Å². The van der Waals surface area contributed by atoms with Crippen molar-refractivity contribution in [3.63, 3.8) is 0 Å². The Morgan fingerprint density at radius 2 is 1.81 bits per heavy atom. The molecule has 0 bridgehead atoms. The summed E-state index contributed by atoms with van der Waals surface area (Å²) >= 11 is 0. The highest BCUT2D eigenvalue weighted by Gasteiger charge is 2.08. The molecule has 0 fully saturated rings. The number of aromatic amines is 1. The summed E-state index contributed by atoms with van der Waals surface area (Å²) in [5.74, 6) is 1.22. The lowest BCUT2D eigenvalue weighted by molar-refractivity contribution is 0.354. The lowest BCUT2D eigenvalue weighted by Crippen LogP contribution is -2.16. The average molecular weight is 355 g/mol. The van der Waals surface area contributed by atoms with Crippen molar-refractivity contribution in [1.29, 1.82) is 0 Å². The van der Waals surface area contributed by atoms with Gasteiger partial charge in [0.05, 0.1) is 26.1 Å². The molecule has 136 valence electrons. The Morgan fingerprint density at radius 3 is 2.54 bits per heavy atom. The van der Waals surface area contributed by atoms with E-state index >= 15 is 0 Å². The van der Waals surface area contributed by atoms with Crippen molar-refractivity contribution in [1.82, 2.24) is 15.5 Å². The van der Waals surface area contributed by atoms with E-state index in [9.17, 15) is 4.39 Å². The molecule has 5 nitrogen and oxygen atoms in total. The number of halogens is 1. The minimum Gasteiger partial charge on any atom is -0.493 e. The van der Waals surface area contributed by atoms with Crippen LogP contribution in [0.3, 0.4) is 0 Å². The van der Waals surface area contributed by atoms with E-state index in [-0.39, 0.29) is 5.82 Å². The zero-order chi connectivity index (χ0) is 18.4. The van der Waals surface area contributed by atoms with Gasteiger partial charge in [-0.3, -0.25) is 5.10 Å². The molecule has 0 spiro atoms. The van der Waals surface area contributed by atoms with E-state index < -0.39 is 0 Å². The maximum atomic E-state index is 13.1. The second-order valence-electron chi connectivity index (χ2n) is 5.89. The predicted molar refractivity (Wildman–Crippen MR) is 98.9 cm³/mol. The number of nitrogens with one attached hydrogen (secondary N) is 2. The van der Waals surface area contributed by atoms with Crippen molar-refractivity contribution in [2.75, 3.05) is 20.8 Å². The van der Waals surface area contributed by atoms with Crippen molar-refractivity contribution in [3.8, 4) is 22.8 Å². The third-order valence-corrected chi connectivity index (χ3v) is 4.20. The van der Waals surface area contributed by atoms with Gasteiger partial charge < -0.3 is 14.8 Å². The quantitative estimate of drug-likeness (QED) is 0.607. The largest absolute Gasteiger partial charge is 0.493 e. The highest BCUT2D eigenvalue weighted by atomic mass is 19.1. The molecule has 0 saturated carbocycles. The Hall–Kier alpha value is -2.86. The van der Waals surface area contributed by atoms with Crippen LogP contribution in [0.1, 0.15) is 11.1 Å². The van der Waals surface area contributed by atoms with Gasteiger partial charge in [0.2, 0.25) is 0 Å². The number of benzene rings is 2. The first-order chi connectivity index (χ1) is 12.7. The molecule has 3 aromatic rings. The summed E-state index contributed by atoms with van der Waals surface area (Å²) in [4.78, 5) is 0. The minimum atomic E-state index is -0.247. The molecule has 0 aliphatic carbocycles. The zero-order valence-electron chi connectivity index (χ0n) is 14.9. The monoisotopic (exact) mass is 355 g/mol. The van der Waals surface area contributed by atoms with Crippen LogP contribution in [0, 0.1) is 5.82 Å². The van der Waals surface area contributed by atoms with Gasteiger partial charge in [-0.2, -0.15) is 5.10 Å². The summed E-state index contributed by atoms with van der Waals surface area (Å²) in [6.45, 7) is 1.49. The van der Waals surface area contributed by atoms with Gasteiger partial charge in [-0.15, -0.1) is 0 Å². The molecule has 6 heteroatoms. The third kappa shape index (κ3) is 4.21. The summed E-state index contributed by atoms with van der Waals surface area (Å²) in [6, 6.07) is 12.3. The molecule has 3 rings (SSSR count). The fourth-order valence-electron chi connectivity index (χ4n) is 2.80. The smallest absolute Gasteiger partial charge is 0.160 e. The number of aromatic nitrogens is 2. The van der Waals surface area contributed by atoms with E-state index in [0.717, 1.165) is 41.3 Å². The Morgan fingerprint density at radius 1 is 1.04 bits per heavy atom. The standard InChI is InChI=1S/C20H22FN3O2/c1-25-18-8-3-14(11-19(18)26-2)9-10-22-12-16-13-23-24-20(16)15-4-6-17(21)7-5-15/h3-8,11,13,22H,9-10,12H2,1-2H3,(H,23,24). The van der Waals surface area contributed by atoms with E-state index in [1.807, 2.05) is 18.2 Å². The topological polar surface area (TPSA) is 59.2 Å². The lowest BCUT2D eigenvalue weighted by Gasteiger charge is -2.10. The highest BCUT2D eigenvalue weighted by Crippen LogP contribution is 2.27. The number of ether oxygens (including phenoxy) is 2. The summed E-state index contributed by atoms with van der Waals surface area (Å²) in [6.07, 6.45) is 2.66. The second kappa shape index (κ2) is 8.49. The van der Waals surface area contributed by atoms with Crippen LogP contribution in [0.5, 0.6) is 11.5 Å². The van der Waals surface area contributed by atoms with Crippen molar-refractivity contribution < 1.29 is 13.9 Å². The second-order valence-corrected chi connectivity index (χ2v) is 5.89. The molecule has 0 radical (unpaired) electrons. The first kappa shape index (κ1) is 17.9. The molecular formula is C20H22FN3O2. The van der Waals surface area contributed by atoms with Gasteiger partial charge in [0.15, 0.2) is 11.5 Å². The fraction of sp³-hybridized carbons (Fsp3) is 0.250. The van der Waals surface area contributed by atoms with E-state index in [0.29, 0.717) is 6.54 Å². The van der Waals surface area contributed by atoms with Crippen LogP contribution >= 0.6 is 0 Å². The number of hydrogen-bond acceptors (Lipinski definition) is 4. The maximum Gasteiger partial charge on any atom is 0.160 e. The molecule has 1 aromatic heterocycles. The van der Waals surface area contributed by atoms with Gasteiger partial charge in [0.1, 0.15) is 5.82 Å². The van der Waals surface area contributed by atoms with Crippen molar-refractivity contribution >= 4 is 0 Å². The molecule has 26 heavy (non-hydrogen) atoms. The summed E-state index contributed by atoms with van der Waals surface area (Å²) in [7, 11) is 3.26. The minimum absolute atomic E-state index is 0.247. The van der Waals surface area contributed by atoms with Gasteiger partial charge >= 0.3 is 0 Å². The van der Waals surface area contributed by atoms with Crippen molar-refractivity contribution in [2.24, 2.45) is 0 Å². The van der Waals surface area contributed by atoms with Crippen LogP contribution in [0.25, 0.3) is 11.3 Å². The first-order valence-electron chi connectivity index (χ1n) is 8.41. The van der Waals surface area contributed by atoms with Gasteiger partial charge in [0.25, 0.3) is 0 Å². The number of hydrogen-bond donors (Lipinski definition) is 2. The third-order valence-electron chi connectivity index (χ3n) is 4.20. The molecule has 1 heterocycles. The number of H-pyrrole nitrogens is 1. The van der Waals surface area contributed by atoms with Gasteiger partial charge in [-0.1, -0.05) is 6.07 Å². The van der Waals surface area contributed by atoms with Crippen LogP contribution in [0.4, 0.5) is 4.39 Å². The summed E-state index contributed by atoms with van der Waals surface area (Å²) in [5.41, 5.74) is 4.04. The Bertz CT molecular complexity index is 847. The number of nitrogens with zero attached hydrogens (tertiary/aromatic N) is 1. The van der Waals surface area contributed by atoms with Crippen molar-refractivity contribution in [3.05, 3.63) is 65.6 Å². The highest BCUT2D eigenvalue weighted by molar-refractivity contribution is 5.62. The van der Waals surface area contributed by atoms with E-state index in [4.69, 9.17) is 9.47 Å². The number of rotatable bonds is 8. The molecule has 0 saturated heterocycles. The average Bonchev–Trinajstić information content (AvgIpc) is 3.14. The molecule has 0 amide bonds. The van der Waals surface area contributed by atoms with Crippen LogP contribution in [0.2, 0.25) is 0 Å². The molecule has 2 N–H and O–H groups in total. The molecule has 0 aliphatic rings. The predicted octanol–water partition coefficient (Wildman–Crippen LogP) is 3.57. The van der Waals surface area contributed by atoms with Crippen LogP contribution in [-0.4, -0.2) is 31.0 Å². The Balaban J connectivity index is 1.56. The zero-order valence-corrected chi connectivity index (χ0v) is 14.9. The molecule has 0 aliphatic heterocycles. The van der Waals surface area contributed by atoms with E-state index in [2.05, 4.69) is 15.5 Å². The SMILES string of the molecule is COc1ccc(CCNCc2cn[nH]c2-c2ccc(F)cc2)cc1OC. The van der Waals surface area contributed by atoms with Crippen molar-refractivity contribution in [2.45, 2.75) is 13.0 Å². The van der Waals surface area contributed by atoms with Gasteiger partial charge in [-0.05, 0) is 54.9 Å². The Kier molecular flexibility index (Phi) is 5.86. The van der Waals surface area contributed by atoms with Crippen LogP contribution < -0.4 is 14.8 Å². The molecular weight excluding hydrogens is 333 g/mol. The molecule has 0 atom stereocenters. The number of methoxy groups -OCH3 is 2. The fourth-order valence-corrected chi connectivity index (χ4v) is 2.80. The molecule has 2 aromatic carbocycles. The van der Waals surface area contributed by atoms with Gasteiger partial charge in [0, 0.05) is 17.7 Å². The molecule has 0 unspecified atom stereocenters. The van der Waals surface area contributed by atoms with Crippen LogP contribution in [-0.2, 0) is 13.0 Å².